The highest BCUT2D eigenvalue weighted by molar-refractivity contribution is 14.0. The molecule has 0 radical (unpaired) electrons. The predicted octanol–water partition coefficient (Wildman–Crippen LogP) is 3.13. The van der Waals surface area contributed by atoms with E-state index in [9.17, 15) is 5.11 Å². The van der Waals surface area contributed by atoms with Gasteiger partial charge in [0, 0.05) is 25.7 Å². The number of benzene rings is 1. The highest BCUT2D eigenvalue weighted by Gasteiger charge is 2.31. The number of hydrogen-bond donors (Lipinski definition) is 3. The molecule has 5 nitrogen and oxygen atoms in total. The molecule has 2 aliphatic rings. The van der Waals surface area contributed by atoms with Crippen molar-refractivity contribution in [2.45, 2.75) is 63.6 Å². The molecule has 0 amide bonds. The first-order valence-electron chi connectivity index (χ1n) is 10.2. The first-order chi connectivity index (χ1) is 12.7. The molecule has 0 bridgehead atoms. The third-order valence-electron chi connectivity index (χ3n) is 5.64. The molecule has 1 saturated carbocycles. The van der Waals surface area contributed by atoms with Crippen LogP contribution >= 0.6 is 24.0 Å². The third kappa shape index (κ3) is 6.91. The van der Waals surface area contributed by atoms with Gasteiger partial charge >= 0.3 is 0 Å². The van der Waals surface area contributed by atoms with Gasteiger partial charge in [-0.1, -0.05) is 43.2 Å². The van der Waals surface area contributed by atoms with E-state index in [-0.39, 0.29) is 24.0 Å². The third-order valence-corrected chi connectivity index (χ3v) is 5.64. The summed E-state index contributed by atoms with van der Waals surface area (Å²) in [6.45, 7) is 6.49. The summed E-state index contributed by atoms with van der Waals surface area (Å²) in [6, 6.07) is 11.2. The molecule has 1 saturated heterocycles. The standard InChI is InChI=1S/C21H34N4O.HI/c1-2-22-20(24-17-21(26)12-6-7-13-21)23-15-19-11-8-14-25(19)16-18-9-4-3-5-10-18;/h3-5,9-10,19,26H,2,6-8,11-17H2,1H3,(H2,22,23,24);1H. The van der Waals surface area contributed by atoms with Gasteiger partial charge in [-0.25, -0.2) is 0 Å². The molecular weight excluding hydrogens is 451 g/mol. The Morgan fingerprint density at radius 2 is 1.93 bits per heavy atom. The number of nitrogens with one attached hydrogen (secondary N) is 2. The molecular formula is C21H35IN4O. The molecule has 1 aliphatic heterocycles. The summed E-state index contributed by atoms with van der Waals surface area (Å²) in [5.41, 5.74) is 0.790. The molecule has 27 heavy (non-hydrogen) atoms. The molecule has 2 fully saturated rings. The van der Waals surface area contributed by atoms with Gasteiger partial charge in [0.1, 0.15) is 0 Å². The Balaban J connectivity index is 0.00000261. The summed E-state index contributed by atoms with van der Waals surface area (Å²) in [7, 11) is 0. The molecule has 3 N–H and O–H groups in total. The fraction of sp³-hybridized carbons (Fsp3) is 0.667. The van der Waals surface area contributed by atoms with Crippen LogP contribution in [0.4, 0.5) is 0 Å². The summed E-state index contributed by atoms with van der Waals surface area (Å²) >= 11 is 0. The van der Waals surface area contributed by atoms with E-state index in [4.69, 9.17) is 0 Å². The number of halogens is 1. The second-order valence-corrected chi connectivity index (χ2v) is 7.76. The zero-order valence-electron chi connectivity index (χ0n) is 16.5. The van der Waals surface area contributed by atoms with E-state index in [1.54, 1.807) is 0 Å². The van der Waals surface area contributed by atoms with Crippen molar-refractivity contribution in [2.75, 3.05) is 26.2 Å². The highest BCUT2D eigenvalue weighted by Crippen LogP contribution is 2.29. The number of guanidine groups is 1. The van der Waals surface area contributed by atoms with E-state index < -0.39 is 5.60 Å². The van der Waals surface area contributed by atoms with Gasteiger partial charge in [-0.05, 0) is 44.7 Å². The number of nitrogens with zero attached hydrogens (tertiary/aromatic N) is 2. The van der Waals surface area contributed by atoms with Crippen molar-refractivity contribution < 1.29 is 5.11 Å². The van der Waals surface area contributed by atoms with Gasteiger partial charge in [0.15, 0.2) is 5.96 Å². The van der Waals surface area contributed by atoms with Crippen LogP contribution in [-0.4, -0.2) is 53.8 Å². The summed E-state index contributed by atoms with van der Waals surface area (Å²) < 4.78 is 0. The SMILES string of the molecule is CCNC(=NCC1(O)CCCC1)NCC1CCCN1Cc1ccccc1.I. The summed E-state index contributed by atoms with van der Waals surface area (Å²) in [5.74, 6) is 0.833. The predicted molar refractivity (Wildman–Crippen MR) is 123 cm³/mol. The summed E-state index contributed by atoms with van der Waals surface area (Å²) in [5, 5.41) is 17.4. The molecule has 0 spiro atoms. The molecule has 1 aliphatic carbocycles. The quantitative estimate of drug-likeness (QED) is 0.315. The fourth-order valence-corrected chi connectivity index (χ4v) is 4.13. The van der Waals surface area contributed by atoms with Gasteiger partial charge in [0.2, 0.25) is 0 Å². The Bertz CT molecular complexity index is 575. The smallest absolute Gasteiger partial charge is 0.191 e. The van der Waals surface area contributed by atoms with Crippen LogP contribution in [0.15, 0.2) is 35.3 Å². The summed E-state index contributed by atoms with van der Waals surface area (Å²) in [6.07, 6.45) is 6.47. The average molecular weight is 486 g/mol. The number of aliphatic hydroxyl groups is 1. The molecule has 1 atom stereocenters. The summed E-state index contributed by atoms with van der Waals surface area (Å²) in [4.78, 5) is 7.23. The van der Waals surface area contributed by atoms with Crippen LogP contribution in [-0.2, 0) is 6.54 Å². The minimum atomic E-state index is -0.588. The van der Waals surface area contributed by atoms with Crippen molar-refractivity contribution in [1.29, 1.82) is 0 Å². The average Bonchev–Trinajstić information content (AvgIpc) is 3.28. The Hall–Kier alpha value is -0.860. The van der Waals surface area contributed by atoms with Crippen molar-refractivity contribution in [3.63, 3.8) is 0 Å². The van der Waals surface area contributed by atoms with Crippen LogP contribution < -0.4 is 10.6 Å². The maximum Gasteiger partial charge on any atom is 0.191 e. The van der Waals surface area contributed by atoms with E-state index in [0.717, 1.165) is 57.8 Å². The number of aliphatic imine (C=N–C) groups is 1. The van der Waals surface area contributed by atoms with Crippen molar-refractivity contribution in [3.8, 4) is 0 Å². The van der Waals surface area contributed by atoms with E-state index in [1.807, 2.05) is 0 Å². The molecule has 3 rings (SSSR count). The van der Waals surface area contributed by atoms with Crippen molar-refractivity contribution in [3.05, 3.63) is 35.9 Å². The molecule has 1 heterocycles. The van der Waals surface area contributed by atoms with Crippen molar-refractivity contribution in [2.24, 2.45) is 4.99 Å². The number of rotatable bonds is 7. The maximum atomic E-state index is 10.5. The van der Waals surface area contributed by atoms with Crippen LogP contribution in [0.25, 0.3) is 0 Å². The highest BCUT2D eigenvalue weighted by atomic mass is 127. The lowest BCUT2D eigenvalue weighted by atomic mass is 10.0. The zero-order valence-corrected chi connectivity index (χ0v) is 18.8. The van der Waals surface area contributed by atoms with Crippen LogP contribution in [0.3, 0.4) is 0 Å². The van der Waals surface area contributed by atoms with Crippen LogP contribution in [0.5, 0.6) is 0 Å². The van der Waals surface area contributed by atoms with Gasteiger partial charge in [0.25, 0.3) is 0 Å². The molecule has 6 heteroatoms. The van der Waals surface area contributed by atoms with Gasteiger partial charge in [-0.3, -0.25) is 9.89 Å². The van der Waals surface area contributed by atoms with E-state index in [1.165, 1.54) is 18.4 Å². The monoisotopic (exact) mass is 486 g/mol. The first-order valence-corrected chi connectivity index (χ1v) is 10.2. The van der Waals surface area contributed by atoms with E-state index in [0.29, 0.717) is 12.6 Å². The Morgan fingerprint density at radius 1 is 1.19 bits per heavy atom. The number of hydrogen-bond acceptors (Lipinski definition) is 3. The number of likely N-dealkylation sites (tertiary alicyclic amines) is 1. The van der Waals surface area contributed by atoms with Gasteiger partial charge in [0.05, 0.1) is 12.1 Å². The van der Waals surface area contributed by atoms with Crippen LogP contribution in [0.2, 0.25) is 0 Å². The minimum absolute atomic E-state index is 0. The van der Waals surface area contributed by atoms with Gasteiger partial charge in [-0.2, -0.15) is 0 Å². The second kappa shape index (κ2) is 11.2. The molecule has 0 aromatic heterocycles. The van der Waals surface area contributed by atoms with Crippen LogP contribution in [0, 0.1) is 0 Å². The fourth-order valence-electron chi connectivity index (χ4n) is 4.13. The zero-order chi connectivity index (χ0) is 18.2. The molecule has 1 unspecified atom stereocenters. The lowest BCUT2D eigenvalue weighted by Gasteiger charge is -2.26. The van der Waals surface area contributed by atoms with Crippen molar-refractivity contribution >= 4 is 29.9 Å². The minimum Gasteiger partial charge on any atom is -0.388 e. The Kier molecular flexibility index (Phi) is 9.32. The van der Waals surface area contributed by atoms with Gasteiger partial charge in [-0.15, -0.1) is 24.0 Å². The topological polar surface area (TPSA) is 59.9 Å². The van der Waals surface area contributed by atoms with Crippen molar-refractivity contribution in [1.82, 2.24) is 15.5 Å². The van der Waals surface area contributed by atoms with Gasteiger partial charge < -0.3 is 15.7 Å². The maximum absolute atomic E-state index is 10.5. The Morgan fingerprint density at radius 3 is 2.63 bits per heavy atom. The molecule has 1 aromatic carbocycles. The van der Waals surface area contributed by atoms with E-state index in [2.05, 4.69) is 57.8 Å². The largest absolute Gasteiger partial charge is 0.388 e. The molecule has 152 valence electrons. The first kappa shape index (κ1) is 22.4. The molecule has 1 aromatic rings. The van der Waals surface area contributed by atoms with Crippen LogP contribution in [0.1, 0.15) is 51.0 Å². The Labute approximate surface area is 181 Å². The normalized spacial score (nSPS) is 22.4. The van der Waals surface area contributed by atoms with E-state index >= 15 is 0 Å². The lowest BCUT2D eigenvalue weighted by Crippen LogP contribution is -2.45. The lowest BCUT2D eigenvalue weighted by molar-refractivity contribution is 0.0574. The second-order valence-electron chi connectivity index (χ2n) is 7.76.